The van der Waals surface area contributed by atoms with Gasteiger partial charge >= 0.3 is 0 Å². The van der Waals surface area contributed by atoms with Gasteiger partial charge < -0.3 is 15.4 Å². The van der Waals surface area contributed by atoms with Gasteiger partial charge in [0.05, 0.1) is 11.5 Å². The Bertz CT molecular complexity index is 683. The molecule has 0 aliphatic carbocycles. The minimum atomic E-state index is -3.75. The summed E-state index contributed by atoms with van der Waals surface area (Å²) in [5.41, 5.74) is -0.0801. The fraction of sp³-hybridized carbons (Fsp3) is 0.588. The topological polar surface area (TPSA) is 96.5 Å². The van der Waals surface area contributed by atoms with E-state index in [1.165, 1.54) is 12.1 Å². The second kappa shape index (κ2) is 9.40. The number of benzene rings is 1. The molecule has 0 saturated carbocycles. The molecule has 0 bridgehead atoms. The van der Waals surface area contributed by atoms with E-state index in [2.05, 4.69) is 15.4 Å². The van der Waals surface area contributed by atoms with Crippen LogP contribution in [0.4, 0.5) is 4.39 Å². The number of nitrogens with one attached hydrogen (secondary N) is 3. The number of amides is 1. The largest absolute Gasteiger partial charge is 0.384 e. The first kappa shape index (κ1) is 20.8. The molecule has 1 amide bonds. The molecule has 2 rings (SSSR count). The van der Waals surface area contributed by atoms with E-state index in [-0.39, 0.29) is 29.2 Å². The van der Waals surface area contributed by atoms with Gasteiger partial charge in [-0.3, -0.25) is 4.79 Å². The molecule has 0 radical (unpaired) electrons. The summed E-state index contributed by atoms with van der Waals surface area (Å²) in [6.07, 6.45) is 1.86. The minimum Gasteiger partial charge on any atom is -0.384 e. The van der Waals surface area contributed by atoms with Crippen molar-refractivity contribution in [3.63, 3.8) is 0 Å². The second-order valence-electron chi connectivity index (χ2n) is 6.56. The number of methoxy groups -OCH3 is 1. The first-order valence-electron chi connectivity index (χ1n) is 8.58. The quantitative estimate of drug-likeness (QED) is 0.577. The average molecular weight is 387 g/mol. The summed E-state index contributed by atoms with van der Waals surface area (Å²) in [6, 6.07) is 4.53. The highest BCUT2D eigenvalue weighted by Gasteiger charge is 2.32. The number of halogens is 1. The Labute approximate surface area is 153 Å². The monoisotopic (exact) mass is 387 g/mol. The molecule has 26 heavy (non-hydrogen) atoms. The fourth-order valence-electron chi connectivity index (χ4n) is 3.01. The Morgan fingerprint density at radius 2 is 1.92 bits per heavy atom. The number of carbonyl (C=O) groups excluding carboxylic acids is 1. The van der Waals surface area contributed by atoms with Crippen molar-refractivity contribution >= 4 is 15.9 Å². The number of hydrogen-bond acceptors (Lipinski definition) is 5. The lowest BCUT2D eigenvalue weighted by Gasteiger charge is -2.37. The van der Waals surface area contributed by atoms with Gasteiger partial charge in [-0.15, -0.1) is 0 Å². The summed E-state index contributed by atoms with van der Waals surface area (Å²) in [4.78, 5) is 12.0. The maximum atomic E-state index is 12.9. The summed E-state index contributed by atoms with van der Waals surface area (Å²) < 4.78 is 44.7. The van der Waals surface area contributed by atoms with Crippen LogP contribution in [0.2, 0.25) is 0 Å². The molecule has 146 valence electrons. The average Bonchev–Trinajstić information content (AvgIpc) is 2.61. The highest BCUT2D eigenvalue weighted by atomic mass is 32.2. The molecule has 1 fully saturated rings. The molecule has 1 aliphatic heterocycles. The van der Waals surface area contributed by atoms with Crippen LogP contribution in [0.3, 0.4) is 0 Å². The molecule has 9 heteroatoms. The third kappa shape index (κ3) is 6.01. The van der Waals surface area contributed by atoms with Gasteiger partial charge in [0.15, 0.2) is 0 Å². The molecule has 1 heterocycles. The molecule has 1 aliphatic rings. The normalized spacial score (nSPS) is 17.0. The second-order valence-corrected chi connectivity index (χ2v) is 8.33. The Kier molecular flexibility index (Phi) is 7.51. The zero-order valence-electron chi connectivity index (χ0n) is 14.9. The Morgan fingerprint density at radius 3 is 2.54 bits per heavy atom. The first-order chi connectivity index (χ1) is 12.4. The van der Waals surface area contributed by atoms with Crippen molar-refractivity contribution in [3.05, 3.63) is 30.1 Å². The zero-order valence-corrected chi connectivity index (χ0v) is 15.7. The van der Waals surface area contributed by atoms with Crippen LogP contribution < -0.4 is 15.4 Å². The lowest BCUT2D eigenvalue weighted by atomic mass is 9.79. The van der Waals surface area contributed by atoms with Crippen molar-refractivity contribution in [3.8, 4) is 0 Å². The van der Waals surface area contributed by atoms with E-state index >= 15 is 0 Å². The van der Waals surface area contributed by atoms with Crippen molar-refractivity contribution < 1.29 is 22.3 Å². The van der Waals surface area contributed by atoms with Gasteiger partial charge in [0.1, 0.15) is 5.82 Å². The van der Waals surface area contributed by atoms with E-state index in [0.717, 1.165) is 38.1 Å². The standard InChI is InChI=1S/C17H26FN3O4S/c1-25-13-17(7-10-19-11-8-17)12-20-16(22)6-9-21-26(23,24)15-4-2-14(18)3-5-15/h2-5,19,21H,6-13H2,1H3,(H,20,22). The number of ether oxygens (including phenoxy) is 1. The van der Waals surface area contributed by atoms with Crippen LogP contribution in [-0.2, 0) is 19.6 Å². The molecule has 3 N–H and O–H groups in total. The van der Waals surface area contributed by atoms with Gasteiger partial charge in [0.2, 0.25) is 15.9 Å². The molecule has 0 spiro atoms. The van der Waals surface area contributed by atoms with Gasteiger partial charge in [0.25, 0.3) is 0 Å². The lowest BCUT2D eigenvalue weighted by Crippen LogP contribution is -2.47. The lowest BCUT2D eigenvalue weighted by molar-refractivity contribution is -0.121. The zero-order chi connectivity index (χ0) is 19.0. The maximum absolute atomic E-state index is 12.9. The van der Waals surface area contributed by atoms with Crippen molar-refractivity contribution in [2.24, 2.45) is 5.41 Å². The van der Waals surface area contributed by atoms with Crippen LogP contribution in [0.25, 0.3) is 0 Å². The van der Waals surface area contributed by atoms with Gasteiger partial charge in [-0.1, -0.05) is 0 Å². The van der Waals surface area contributed by atoms with Gasteiger partial charge in [0, 0.05) is 32.0 Å². The van der Waals surface area contributed by atoms with Crippen LogP contribution >= 0.6 is 0 Å². The third-order valence-electron chi connectivity index (χ3n) is 4.54. The molecule has 1 aromatic carbocycles. The van der Waals surface area contributed by atoms with Crippen LogP contribution in [-0.4, -0.2) is 54.2 Å². The summed E-state index contributed by atoms with van der Waals surface area (Å²) in [6.45, 7) is 2.83. The Hall–Kier alpha value is -1.55. The molecule has 1 aromatic rings. The van der Waals surface area contributed by atoms with Crippen molar-refractivity contribution in [2.45, 2.75) is 24.2 Å². The number of sulfonamides is 1. The summed E-state index contributed by atoms with van der Waals surface area (Å²) >= 11 is 0. The molecular weight excluding hydrogens is 361 g/mol. The number of carbonyl (C=O) groups is 1. The summed E-state index contributed by atoms with van der Waals surface area (Å²) in [7, 11) is -2.11. The predicted molar refractivity (Wildman–Crippen MR) is 95.6 cm³/mol. The van der Waals surface area contributed by atoms with Crippen LogP contribution in [0.5, 0.6) is 0 Å². The van der Waals surface area contributed by atoms with E-state index in [0.29, 0.717) is 13.2 Å². The van der Waals surface area contributed by atoms with E-state index in [1.807, 2.05) is 0 Å². The highest BCUT2D eigenvalue weighted by molar-refractivity contribution is 7.89. The first-order valence-corrected chi connectivity index (χ1v) is 10.1. The van der Waals surface area contributed by atoms with Gasteiger partial charge in [-0.2, -0.15) is 0 Å². The smallest absolute Gasteiger partial charge is 0.240 e. The molecule has 0 unspecified atom stereocenters. The van der Waals surface area contributed by atoms with Gasteiger partial charge in [-0.05, 0) is 50.2 Å². The summed E-state index contributed by atoms with van der Waals surface area (Å²) in [5, 5.41) is 6.17. The molecule has 7 nitrogen and oxygen atoms in total. The van der Waals surface area contributed by atoms with E-state index < -0.39 is 15.8 Å². The highest BCUT2D eigenvalue weighted by Crippen LogP contribution is 2.28. The Morgan fingerprint density at radius 1 is 1.27 bits per heavy atom. The van der Waals surface area contributed by atoms with Crippen LogP contribution in [0, 0.1) is 11.2 Å². The number of piperidine rings is 1. The molecular formula is C17H26FN3O4S. The summed E-state index contributed by atoms with van der Waals surface area (Å²) in [5.74, 6) is -0.730. The van der Waals surface area contributed by atoms with Crippen molar-refractivity contribution in [1.29, 1.82) is 0 Å². The third-order valence-corrected chi connectivity index (χ3v) is 6.02. The minimum absolute atomic E-state index is 0.0234. The van der Waals surface area contributed by atoms with Gasteiger partial charge in [-0.25, -0.2) is 17.5 Å². The SMILES string of the molecule is COCC1(CNC(=O)CCNS(=O)(=O)c2ccc(F)cc2)CCNCC1. The Balaban J connectivity index is 1.78. The van der Waals surface area contributed by atoms with E-state index in [9.17, 15) is 17.6 Å². The van der Waals surface area contributed by atoms with E-state index in [4.69, 9.17) is 4.74 Å². The van der Waals surface area contributed by atoms with Crippen molar-refractivity contribution in [1.82, 2.24) is 15.4 Å². The van der Waals surface area contributed by atoms with Crippen LogP contribution in [0.15, 0.2) is 29.2 Å². The van der Waals surface area contributed by atoms with Crippen LogP contribution in [0.1, 0.15) is 19.3 Å². The predicted octanol–water partition coefficient (Wildman–Crippen LogP) is 0.627. The van der Waals surface area contributed by atoms with E-state index in [1.54, 1.807) is 7.11 Å². The number of rotatable bonds is 9. The molecule has 0 atom stereocenters. The maximum Gasteiger partial charge on any atom is 0.240 e. The fourth-order valence-corrected chi connectivity index (χ4v) is 4.04. The molecule has 1 saturated heterocycles. The number of hydrogen-bond donors (Lipinski definition) is 3. The molecule has 0 aromatic heterocycles. The van der Waals surface area contributed by atoms with Crippen molar-refractivity contribution in [2.75, 3.05) is 39.9 Å².